The van der Waals surface area contributed by atoms with E-state index in [1.54, 1.807) is 23.0 Å². The van der Waals surface area contributed by atoms with Crippen LogP contribution < -0.4 is 11.1 Å². The second kappa shape index (κ2) is 4.32. The number of nitrogens with zero attached hydrogens (tertiary/aromatic N) is 1. The fourth-order valence-electron chi connectivity index (χ4n) is 1.27. The summed E-state index contributed by atoms with van der Waals surface area (Å²) < 4.78 is 0. The maximum Gasteiger partial charge on any atom is 0.275 e. The number of rotatable bonds is 2. The van der Waals surface area contributed by atoms with Crippen molar-refractivity contribution in [1.82, 2.24) is 4.98 Å². The fourth-order valence-corrected chi connectivity index (χ4v) is 1.81. The van der Waals surface area contributed by atoms with Crippen molar-refractivity contribution in [2.45, 2.75) is 6.92 Å². The Morgan fingerprint density at radius 2 is 2.31 bits per heavy atom. The number of hydrogen-bond acceptors (Lipinski definition) is 4. The molecule has 0 fully saturated rings. The van der Waals surface area contributed by atoms with Crippen molar-refractivity contribution < 1.29 is 4.79 Å². The molecule has 82 valence electrons. The molecular weight excluding hydrogens is 222 g/mol. The average Bonchev–Trinajstić information content (AvgIpc) is 2.77. The van der Waals surface area contributed by atoms with Crippen molar-refractivity contribution in [3.8, 4) is 0 Å². The van der Waals surface area contributed by atoms with E-state index in [4.69, 9.17) is 5.73 Å². The van der Waals surface area contributed by atoms with Crippen LogP contribution in [0, 0.1) is 6.92 Å². The van der Waals surface area contributed by atoms with Crippen LogP contribution in [0.2, 0.25) is 0 Å². The van der Waals surface area contributed by atoms with Crippen LogP contribution in [0.5, 0.6) is 0 Å². The molecule has 16 heavy (non-hydrogen) atoms. The summed E-state index contributed by atoms with van der Waals surface area (Å²) in [6.07, 6.45) is 0. The van der Waals surface area contributed by atoms with Crippen molar-refractivity contribution >= 4 is 28.6 Å². The standard InChI is InChI=1S/C11H11N3OS/c1-7-4-8(2-3-9(7)12)14-11(15)10-5-16-6-13-10/h2-6H,12H2,1H3,(H,14,15). The normalized spacial score (nSPS) is 10.1. The van der Waals surface area contributed by atoms with Crippen LogP contribution in [0.25, 0.3) is 0 Å². The molecule has 2 rings (SSSR count). The van der Waals surface area contributed by atoms with Gasteiger partial charge in [-0.1, -0.05) is 0 Å². The van der Waals surface area contributed by atoms with Crippen molar-refractivity contribution in [1.29, 1.82) is 0 Å². The van der Waals surface area contributed by atoms with Gasteiger partial charge in [0.2, 0.25) is 0 Å². The minimum absolute atomic E-state index is 0.203. The Labute approximate surface area is 97.1 Å². The van der Waals surface area contributed by atoms with Crippen LogP contribution in [-0.4, -0.2) is 10.9 Å². The summed E-state index contributed by atoms with van der Waals surface area (Å²) in [7, 11) is 0. The number of amides is 1. The number of nitrogens with one attached hydrogen (secondary N) is 1. The van der Waals surface area contributed by atoms with Gasteiger partial charge >= 0.3 is 0 Å². The van der Waals surface area contributed by atoms with E-state index in [0.717, 1.165) is 11.3 Å². The molecule has 0 saturated carbocycles. The zero-order chi connectivity index (χ0) is 11.5. The molecule has 2 aromatic rings. The number of aryl methyl sites for hydroxylation is 1. The van der Waals surface area contributed by atoms with Crippen LogP contribution in [-0.2, 0) is 0 Å². The van der Waals surface area contributed by atoms with Crippen molar-refractivity contribution in [3.05, 3.63) is 40.3 Å². The Kier molecular flexibility index (Phi) is 2.87. The summed E-state index contributed by atoms with van der Waals surface area (Å²) in [5.74, 6) is -0.203. The largest absolute Gasteiger partial charge is 0.399 e. The first-order valence-electron chi connectivity index (χ1n) is 4.72. The summed E-state index contributed by atoms with van der Waals surface area (Å²) in [4.78, 5) is 15.6. The van der Waals surface area contributed by atoms with Crippen LogP contribution in [0.4, 0.5) is 11.4 Å². The molecule has 1 heterocycles. The van der Waals surface area contributed by atoms with Gasteiger partial charge in [0, 0.05) is 16.8 Å². The number of benzene rings is 1. The number of anilines is 2. The Morgan fingerprint density at radius 1 is 1.50 bits per heavy atom. The van der Waals surface area contributed by atoms with Gasteiger partial charge in [-0.2, -0.15) is 0 Å². The third kappa shape index (κ3) is 2.20. The number of nitrogen functional groups attached to an aromatic ring is 1. The minimum Gasteiger partial charge on any atom is -0.399 e. The third-order valence-electron chi connectivity index (χ3n) is 2.19. The van der Waals surface area contributed by atoms with Crippen LogP contribution in [0.3, 0.4) is 0 Å². The summed E-state index contributed by atoms with van der Waals surface area (Å²) in [5, 5.41) is 4.47. The molecule has 0 aliphatic heterocycles. The van der Waals surface area contributed by atoms with Crippen molar-refractivity contribution in [2.24, 2.45) is 0 Å². The highest BCUT2D eigenvalue weighted by Crippen LogP contribution is 2.17. The van der Waals surface area contributed by atoms with Crippen molar-refractivity contribution in [2.75, 3.05) is 11.1 Å². The lowest BCUT2D eigenvalue weighted by atomic mass is 10.2. The van der Waals surface area contributed by atoms with E-state index < -0.39 is 0 Å². The lowest BCUT2D eigenvalue weighted by molar-refractivity contribution is 0.102. The molecular formula is C11H11N3OS. The number of carbonyl (C=O) groups is 1. The van der Waals surface area contributed by atoms with E-state index in [-0.39, 0.29) is 5.91 Å². The van der Waals surface area contributed by atoms with Gasteiger partial charge in [0.15, 0.2) is 0 Å². The molecule has 0 saturated heterocycles. The van der Waals surface area contributed by atoms with Crippen LogP contribution >= 0.6 is 11.3 Å². The Morgan fingerprint density at radius 3 is 2.94 bits per heavy atom. The number of aromatic nitrogens is 1. The molecule has 1 aromatic heterocycles. The Bertz CT molecular complexity index is 508. The SMILES string of the molecule is Cc1cc(NC(=O)c2cscn2)ccc1N. The van der Waals surface area contributed by atoms with Crippen molar-refractivity contribution in [3.63, 3.8) is 0 Å². The van der Waals surface area contributed by atoms with Gasteiger partial charge < -0.3 is 11.1 Å². The molecule has 4 nitrogen and oxygen atoms in total. The average molecular weight is 233 g/mol. The fraction of sp³-hybridized carbons (Fsp3) is 0.0909. The molecule has 0 spiro atoms. The lowest BCUT2D eigenvalue weighted by Gasteiger charge is -2.05. The predicted molar refractivity (Wildman–Crippen MR) is 65.7 cm³/mol. The van der Waals surface area contributed by atoms with Gasteiger partial charge in [0.05, 0.1) is 5.51 Å². The molecule has 3 N–H and O–H groups in total. The molecule has 5 heteroatoms. The highest BCUT2D eigenvalue weighted by Gasteiger charge is 2.07. The molecule has 0 aliphatic rings. The summed E-state index contributed by atoms with van der Waals surface area (Å²) in [5.41, 5.74) is 10.1. The summed E-state index contributed by atoms with van der Waals surface area (Å²) >= 11 is 1.39. The minimum atomic E-state index is -0.203. The molecule has 1 aromatic carbocycles. The van der Waals surface area contributed by atoms with Gasteiger partial charge in [-0.25, -0.2) is 4.98 Å². The van der Waals surface area contributed by atoms with Gasteiger partial charge in [0.1, 0.15) is 5.69 Å². The second-order valence-electron chi connectivity index (χ2n) is 3.40. The molecule has 0 unspecified atom stereocenters. The molecule has 0 atom stereocenters. The maximum absolute atomic E-state index is 11.7. The smallest absolute Gasteiger partial charge is 0.275 e. The van der Waals surface area contributed by atoms with E-state index in [1.165, 1.54) is 11.3 Å². The first-order valence-corrected chi connectivity index (χ1v) is 5.67. The van der Waals surface area contributed by atoms with Crippen LogP contribution in [0.15, 0.2) is 29.1 Å². The van der Waals surface area contributed by atoms with E-state index in [9.17, 15) is 4.79 Å². The highest BCUT2D eigenvalue weighted by molar-refractivity contribution is 7.07. The summed E-state index contributed by atoms with van der Waals surface area (Å²) in [6.45, 7) is 1.90. The monoisotopic (exact) mass is 233 g/mol. The van der Waals surface area contributed by atoms with Gasteiger partial charge in [-0.15, -0.1) is 11.3 Å². The van der Waals surface area contributed by atoms with E-state index in [1.807, 2.05) is 13.0 Å². The molecule has 1 amide bonds. The number of thiazole rings is 1. The predicted octanol–water partition coefficient (Wildman–Crippen LogP) is 2.29. The highest BCUT2D eigenvalue weighted by atomic mass is 32.1. The van der Waals surface area contributed by atoms with E-state index in [0.29, 0.717) is 11.4 Å². The number of hydrogen-bond donors (Lipinski definition) is 2. The zero-order valence-corrected chi connectivity index (χ0v) is 9.54. The van der Waals surface area contributed by atoms with Gasteiger partial charge in [0.25, 0.3) is 5.91 Å². The van der Waals surface area contributed by atoms with E-state index >= 15 is 0 Å². The molecule has 0 aliphatic carbocycles. The van der Waals surface area contributed by atoms with Crippen LogP contribution in [0.1, 0.15) is 16.1 Å². The Balaban J connectivity index is 2.15. The number of nitrogens with two attached hydrogens (primary N) is 1. The quantitative estimate of drug-likeness (QED) is 0.782. The number of carbonyl (C=O) groups excluding carboxylic acids is 1. The van der Waals surface area contributed by atoms with Gasteiger partial charge in [-0.3, -0.25) is 4.79 Å². The zero-order valence-electron chi connectivity index (χ0n) is 8.73. The first kappa shape index (κ1) is 10.6. The first-order chi connectivity index (χ1) is 7.66. The molecule has 0 radical (unpaired) electrons. The lowest BCUT2D eigenvalue weighted by Crippen LogP contribution is -2.12. The second-order valence-corrected chi connectivity index (χ2v) is 4.12. The van der Waals surface area contributed by atoms with Gasteiger partial charge in [-0.05, 0) is 30.7 Å². The Hall–Kier alpha value is -1.88. The van der Waals surface area contributed by atoms with E-state index in [2.05, 4.69) is 10.3 Å². The maximum atomic E-state index is 11.7. The third-order valence-corrected chi connectivity index (χ3v) is 2.78. The molecule has 0 bridgehead atoms. The summed E-state index contributed by atoms with van der Waals surface area (Å²) in [6, 6.07) is 5.37. The topological polar surface area (TPSA) is 68.0 Å².